The maximum atomic E-state index is 11.8. The molecule has 0 aromatic heterocycles. The van der Waals surface area contributed by atoms with Crippen LogP contribution in [0.1, 0.15) is 26.3 Å². The van der Waals surface area contributed by atoms with Crippen molar-refractivity contribution in [3.05, 3.63) is 28.8 Å². The number of rotatable bonds is 8. The van der Waals surface area contributed by atoms with Gasteiger partial charge in [-0.2, -0.15) is 0 Å². The van der Waals surface area contributed by atoms with Crippen molar-refractivity contribution in [2.75, 3.05) is 31.1 Å². The van der Waals surface area contributed by atoms with Gasteiger partial charge < -0.3 is 15.5 Å². The van der Waals surface area contributed by atoms with E-state index in [1.807, 2.05) is 36.9 Å². The highest BCUT2D eigenvalue weighted by molar-refractivity contribution is 6.31. The molecule has 0 aliphatic rings. The van der Waals surface area contributed by atoms with E-state index in [2.05, 4.69) is 17.6 Å². The van der Waals surface area contributed by atoms with Crippen LogP contribution in [-0.2, 0) is 11.3 Å². The number of carbonyl (C=O) groups excluding carboxylic acids is 1. The van der Waals surface area contributed by atoms with Crippen molar-refractivity contribution in [1.82, 2.24) is 10.6 Å². The van der Waals surface area contributed by atoms with Gasteiger partial charge in [0.05, 0.1) is 6.54 Å². The average molecular weight is 298 g/mol. The molecule has 1 aromatic carbocycles. The molecule has 0 saturated carbocycles. The van der Waals surface area contributed by atoms with E-state index in [0.29, 0.717) is 19.6 Å². The van der Waals surface area contributed by atoms with Crippen molar-refractivity contribution in [2.24, 2.45) is 0 Å². The first-order chi connectivity index (χ1) is 9.63. The quantitative estimate of drug-likeness (QED) is 0.774. The first-order valence-corrected chi connectivity index (χ1v) is 7.51. The average Bonchev–Trinajstić information content (AvgIpc) is 2.43. The van der Waals surface area contributed by atoms with Crippen LogP contribution in [0.5, 0.6) is 0 Å². The van der Waals surface area contributed by atoms with Gasteiger partial charge in [0.25, 0.3) is 0 Å². The smallest absolute Gasteiger partial charge is 0.239 e. The van der Waals surface area contributed by atoms with E-state index < -0.39 is 0 Å². The zero-order chi connectivity index (χ0) is 15.0. The van der Waals surface area contributed by atoms with Crippen LogP contribution in [0.2, 0.25) is 5.02 Å². The summed E-state index contributed by atoms with van der Waals surface area (Å²) in [6.45, 7) is 9.37. The molecule has 0 aliphatic carbocycles. The minimum atomic E-state index is 0.0312. The van der Waals surface area contributed by atoms with Crippen LogP contribution in [0.15, 0.2) is 18.2 Å². The van der Waals surface area contributed by atoms with E-state index in [0.717, 1.165) is 29.4 Å². The maximum Gasteiger partial charge on any atom is 0.239 e. The molecule has 1 amide bonds. The van der Waals surface area contributed by atoms with Crippen molar-refractivity contribution in [3.63, 3.8) is 0 Å². The molecule has 0 fully saturated rings. The lowest BCUT2D eigenvalue weighted by Crippen LogP contribution is -2.37. The third-order valence-electron chi connectivity index (χ3n) is 3.08. The molecule has 0 radical (unpaired) electrons. The molecule has 112 valence electrons. The number of nitrogens with one attached hydrogen (secondary N) is 2. The third-order valence-corrected chi connectivity index (χ3v) is 3.43. The van der Waals surface area contributed by atoms with E-state index in [1.54, 1.807) is 0 Å². The van der Waals surface area contributed by atoms with Gasteiger partial charge in [-0.25, -0.2) is 0 Å². The molecule has 0 atom stereocenters. The number of carbonyl (C=O) groups is 1. The highest BCUT2D eigenvalue weighted by Crippen LogP contribution is 2.27. The lowest BCUT2D eigenvalue weighted by atomic mass is 10.1. The van der Waals surface area contributed by atoms with Gasteiger partial charge >= 0.3 is 0 Å². The highest BCUT2D eigenvalue weighted by atomic mass is 35.5. The van der Waals surface area contributed by atoms with Crippen LogP contribution >= 0.6 is 11.6 Å². The molecule has 1 rings (SSSR count). The fourth-order valence-electron chi connectivity index (χ4n) is 2.06. The second-order valence-electron chi connectivity index (χ2n) is 4.49. The second-order valence-corrected chi connectivity index (χ2v) is 4.89. The van der Waals surface area contributed by atoms with E-state index >= 15 is 0 Å². The summed E-state index contributed by atoms with van der Waals surface area (Å²) < 4.78 is 0. The van der Waals surface area contributed by atoms with Gasteiger partial charge in [-0.1, -0.05) is 24.6 Å². The lowest BCUT2D eigenvalue weighted by molar-refractivity contribution is -0.119. The molecule has 0 heterocycles. The Balaban J connectivity index is 2.95. The fraction of sp³-hybridized carbons (Fsp3) is 0.533. The first kappa shape index (κ1) is 16.8. The molecule has 0 unspecified atom stereocenters. The van der Waals surface area contributed by atoms with E-state index in [9.17, 15) is 4.79 Å². The third kappa shape index (κ3) is 4.69. The van der Waals surface area contributed by atoms with Gasteiger partial charge in [0.15, 0.2) is 0 Å². The standard InChI is InChI=1S/C15H24ClN3O/c1-4-17-10-12-13(16)8-7-9-14(12)19(6-3)11-15(20)18-5-2/h7-9,17H,4-6,10-11H2,1-3H3,(H,18,20). The molecule has 0 spiro atoms. The minimum absolute atomic E-state index is 0.0312. The molecule has 0 saturated heterocycles. The van der Waals surface area contributed by atoms with Crippen molar-refractivity contribution in [1.29, 1.82) is 0 Å². The van der Waals surface area contributed by atoms with Crippen LogP contribution < -0.4 is 15.5 Å². The number of amides is 1. The SMILES string of the molecule is CCNCc1c(Cl)cccc1N(CC)CC(=O)NCC. The van der Waals surface area contributed by atoms with Crippen LogP contribution in [0.3, 0.4) is 0 Å². The maximum absolute atomic E-state index is 11.8. The summed E-state index contributed by atoms with van der Waals surface area (Å²) in [6, 6.07) is 5.83. The second kappa shape index (κ2) is 8.82. The summed E-state index contributed by atoms with van der Waals surface area (Å²) in [5.74, 6) is 0.0312. The normalized spacial score (nSPS) is 10.4. The number of nitrogens with zero attached hydrogens (tertiary/aromatic N) is 1. The van der Waals surface area contributed by atoms with Crippen LogP contribution in [0, 0.1) is 0 Å². The Hall–Kier alpha value is -1.26. The fourth-order valence-corrected chi connectivity index (χ4v) is 2.30. The van der Waals surface area contributed by atoms with E-state index in [4.69, 9.17) is 11.6 Å². The Bertz CT molecular complexity index is 437. The Morgan fingerprint density at radius 1 is 1.25 bits per heavy atom. The number of anilines is 1. The van der Waals surface area contributed by atoms with Crippen LogP contribution in [0.4, 0.5) is 5.69 Å². The summed E-state index contributed by atoms with van der Waals surface area (Å²) in [6.07, 6.45) is 0. The first-order valence-electron chi connectivity index (χ1n) is 7.13. The van der Waals surface area contributed by atoms with E-state index in [1.165, 1.54) is 0 Å². The van der Waals surface area contributed by atoms with Gasteiger partial charge in [-0.15, -0.1) is 0 Å². The lowest BCUT2D eigenvalue weighted by Gasteiger charge is -2.26. The Morgan fingerprint density at radius 2 is 2.00 bits per heavy atom. The number of likely N-dealkylation sites (N-methyl/N-ethyl adjacent to an activating group) is 2. The highest BCUT2D eigenvalue weighted by Gasteiger charge is 2.14. The molecular formula is C15H24ClN3O. The van der Waals surface area contributed by atoms with Gasteiger partial charge in [0.1, 0.15) is 0 Å². The molecule has 5 heteroatoms. The largest absolute Gasteiger partial charge is 0.362 e. The predicted octanol–water partition coefficient (Wildman–Crippen LogP) is 2.41. The van der Waals surface area contributed by atoms with Crippen molar-refractivity contribution in [3.8, 4) is 0 Å². The number of halogens is 1. The van der Waals surface area contributed by atoms with Gasteiger partial charge in [0.2, 0.25) is 5.91 Å². The summed E-state index contributed by atoms with van der Waals surface area (Å²) in [4.78, 5) is 13.8. The number of hydrogen-bond acceptors (Lipinski definition) is 3. The Kier molecular flexibility index (Phi) is 7.41. The Morgan fingerprint density at radius 3 is 2.60 bits per heavy atom. The van der Waals surface area contributed by atoms with Crippen LogP contribution in [-0.4, -0.2) is 32.1 Å². The molecule has 0 bridgehead atoms. The predicted molar refractivity (Wildman–Crippen MR) is 85.4 cm³/mol. The topological polar surface area (TPSA) is 44.4 Å². The molecular weight excluding hydrogens is 274 g/mol. The summed E-state index contributed by atoms with van der Waals surface area (Å²) in [5, 5.41) is 6.85. The van der Waals surface area contributed by atoms with Gasteiger partial charge in [0, 0.05) is 35.9 Å². The van der Waals surface area contributed by atoms with Crippen molar-refractivity contribution in [2.45, 2.75) is 27.3 Å². The summed E-state index contributed by atoms with van der Waals surface area (Å²) >= 11 is 6.30. The van der Waals surface area contributed by atoms with Gasteiger partial charge in [-0.05, 0) is 32.5 Å². The molecule has 1 aromatic rings. The zero-order valence-electron chi connectivity index (χ0n) is 12.5. The zero-order valence-corrected chi connectivity index (χ0v) is 13.3. The van der Waals surface area contributed by atoms with Gasteiger partial charge in [-0.3, -0.25) is 4.79 Å². The summed E-state index contributed by atoms with van der Waals surface area (Å²) in [7, 11) is 0. The van der Waals surface area contributed by atoms with Crippen molar-refractivity contribution >= 4 is 23.2 Å². The number of benzene rings is 1. The Labute approximate surface area is 126 Å². The minimum Gasteiger partial charge on any atom is -0.362 e. The van der Waals surface area contributed by atoms with Crippen molar-refractivity contribution < 1.29 is 4.79 Å². The number of hydrogen-bond donors (Lipinski definition) is 2. The molecule has 0 aliphatic heterocycles. The summed E-state index contributed by atoms with van der Waals surface area (Å²) in [5.41, 5.74) is 2.06. The van der Waals surface area contributed by atoms with Crippen LogP contribution in [0.25, 0.3) is 0 Å². The molecule has 20 heavy (non-hydrogen) atoms. The molecule has 2 N–H and O–H groups in total. The molecule has 4 nitrogen and oxygen atoms in total. The monoisotopic (exact) mass is 297 g/mol. The van der Waals surface area contributed by atoms with E-state index in [-0.39, 0.29) is 5.91 Å².